The van der Waals surface area contributed by atoms with Gasteiger partial charge in [-0.2, -0.15) is 0 Å². The monoisotopic (exact) mass is 724 g/mol. The van der Waals surface area contributed by atoms with Gasteiger partial charge in [0.1, 0.15) is 24.8 Å². The third-order valence-electron chi connectivity index (χ3n) is 7.55. The molecule has 0 aromatic heterocycles. The molecular formula is C40H44N4O7S. The number of carbonyl (C=O) groups excluding carboxylic acids is 5. The van der Waals surface area contributed by atoms with Crippen molar-refractivity contribution in [2.45, 2.75) is 43.8 Å². The Hall–Kier alpha value is -5.62. The summed E-state index contributed by atoms with van der Waals surface area (Å²) in [5.41, 5.74) is 2.97. The van der Waals surface area contributed by atoms with Gasteiger partial charge in [0.15, 0.2) is 0 Å². The van der Waals surface area contributed by atoms with Crippen LogP contribution >= 0.6 is 11.8 Å². The smallest absolute Gasteiger partial charge is 0.408 e. The summed E-state index contributed by atoms with van der Waals surface area (Å²) >= 11 is 1.46. The van der Waals surface area contributed by atoms with Crippen LogP contribution in [0.15, 0.2) is 121 Å². The molecule has 0 bridgehead atoms. The van der Waals surface area contributed by atoms with Gasteiger partial charge in [0.05, 0.1) is 17.8 Å². The quantitative estimate of drug-likeness (QED) is 0.0960. The Balaban J connectivity index is 1.49. The molecule has 0 aliphatic rings. The minimum Gasteiger partial charge on any atom is -0.459 e. The van der Waals surface area contributed by atoms with Crippen LogP contribution in [-0.4, -0.2) is 66.8 Å². The van der Waals surface area contributed by atoms with E-state index in [1.54, 1.807) is 20.8 Å². The van der Waals surface area contributed by atoms with Gasteiger partial charge in [0.2, 0.25) is 17.7 Å². The van der Waals surface area contributed by atoms with Crippen molar-refractivity contribution in [1.29, 1.82) is 0 Å². The van der Waals surface area contributed by atoms with Crippen LogP contribution in [0, 0.1) is 0 Å². The molecule has 4 aromatic rings. The van der Waals surface area contributed by atoms with Crippen LogP contribution in [0.2, 0.25) is 0 Å². The molecule has 0 spiro atoms. The first-order valence-electron chi connectivity index (χ1n) is 16.8. The Morgan fingerprint density at radius 1 is 0.615 bits per heavy atom. The first kappa shape index (κ1) is 39.2. The molecule has 4 amide bonds. The second-order valence-corrected chi connectivity index (χ2v) is 13.9. The van der Waals surface area contributed by atoms with Crippen molar-refractivity contribution >= 4 is 41.5 Å². The number of alkyl carbamates (subject to hydrolysis) is 1. The van der Waals surface area contributed by atoms with Crippen LogP contribution in [0.5, 0.6) is 0 Å². The van der Waals surface area contributed by atoms with Gasteiger partial charge in [0.25, 0.3) is 0 Å². The molecule has 0 radical (unpaired) electrons. The lowest BCUT2D eigenvalue weighted by Crippen LogP contribution is -2.51. The van der Waals surface area contributed by atoms with E-state index in [-0.39, 0.29) is 18.9 Å². The fraction of sp³-hybridized carbons (Fsp3) is 0.275. The molecular weight excluding hydrogens is 681 g/mol. The molecule has 4 rings (SSSR count). The van der Waals surface area contributed by atoms with Crippen molar-refractivity contribution in [2.75, 3.05) is 25.4 Å². The summed E-state index contributed by atoms with van der Waals surface area (Å²) in [6.45, 7) is 3.87. The van der Waals surface area contributed by atoms with E-state index in [0.717, 1.165) is 22.3 Å². The Bertz CT molecular complexity index is 1670. The summed E-state index contributed by atoms with van der Waals surface area (Å²) in [4.78, 5) is 63.5. The molecule has 11 nitrogen and oxygen atoms in total. The molecule has 0 unspecified atom stereocenters. The number of hydrogen-bond acceptors (Lipinski definition) is 8. The highest BCUT2D eigenvalue weighted by Crippen LogP contribution is 2.48. The summed E-state index contributed by atoms with van der Waals surface area (Å²) in [7, 11) is 0. The zero-order valence-electron chi connectivity index (χ0n) is 29.4. The number of amides is 4. The first-order chi connectivity index (χ1) is 25.0. The van der Waals surface area contributed by atoms with Gasteiger partial charge >= 0.3 is 12.1 Å². The zero-order valence-corrected chi connectivity index (χ0v) is 30.2. The Labute approximate surface area is 308 Å². The normalized spacial score (nSPS) is 11.8. The molecule has 0 fully saturated rings. The molecule has 4 N–H and O–H groups in total. The topological polar surface area (TPSA) is 152 Å². The molecule has 0 aliphatic carbocycles. The number of hydrogen-bond donors (Lipinski definition) is 4. The molecule has 272 valence electrons. The van der Waals surface area contributed by atoms with Crippen molar-refractivity contribution in [3.05, 3.63) is 144 Å². The molecule has 12 heteroatoms. The highest BCUT2D eigenvalue weighted by molar-refractivity contribution is 8.00. The summed E-state index contributed by atoms with van der Waals surface area (Å²) in [5.74, 6) is -2.42. The maximum absolute atomic E-state index is 13.7. The van der Waals surface area contributed by atoms with Crippen LogP contribution in [0.25, 0.3) is 0 Å². The fourth-order valence-corrected chi connectivity index (χ4v) is 6.77. The second-order valence-electron chi connectivity index (χ2n) is 12.7. The number of esters is 1. The summed E-state index contributed by atoms with van der Waals surface area (Å²) in [6, 6.07) is 37.7. The predicted octanol–water partition coefficient (Wildman–Crippen LogP) is 4.70. The number of benzene rings is 4. The number of thioether (sulfide) groups is 1. The van der Waals surface area contributed by atoms with Crippen LogP contribution in [-0.2, 0) is 40.0 Å². The first-order valence-corrected chi connectivity index (χ1v) is 17.8. The van der Waals surface area contributed by atoms with Crippen molar-refractivity contribution in [3.63, 3.8) is 0 Å². The number of carbonyl (C=O) groups is 5. The van der Waals surface area contributed by atoms with Gasteiger partial charge in [0, 0.05) is 5.75 Å². The summed E-state index contributed by atoms with van der Waals surface area (Å²) < 4.78 is 9.82. The largest absolute Gasteiger partial charge is 0.459 e. The molecule has 0 saturated heterocycles. The standard InChI is InChI=1S/C40H44N4O7S/c1-39(2,3)51-36(47)26-42-34(45)24-41-35(46)25-43-37(48)33(44-38(49)50-27-29-16-8-4-9-17-29)28-52-40(30-18-10-5-11-19-30,31-20-12-6-13-21-31)32-22-14-7-15-23-32/h4-23,33H,24-28H2,1-3H3,(H,41,46)(H,42,45)(H,43,48)(H,44,49)/t33-/m1/s1. The number of rotatable bonds is 16. The molecule has 0 saturated carbocycles. The summed E-state index contributed by atoms with van der Waals surface area (Å²) in [6.07, 6.45) is -0.805. The van der Waals surface area contributed by atoms with E-state index in [1.165, 1.54) is 11.8 Å². The van der Waals surface area contributed by atoms with E-state index in [4.69, 9.17) is 9.47 Å². The van der Waals surface area contributed by atoms with Gasteiger partial charge in [-0.15, -0.1) is 11.8 Å². The number of nitrogens with one attached hydrogen (secondary N) is 4. The third-order valence-corrected chi connectivity index (χ3v) is 9.19. The average molecular weight is 725 g/mol. The van der Waals surface area contributed by atoms with Crippen molar-refractivity contribution in [2.24, 2.45) is 0 Å². The van der Waals surface area contributed by atoms with E-state index >= 15 is 0 Å². The maximum atomic E-state index is 13.7. The van der Waals surface area contributed by atoms with E-state index in [0.29, 0.717) is 0 Å². The van der Waals surface area contributed by atoms with Gasteiger partial charge in [-0.1, -0.05) is 121 Å². The molecule has 4 aromatic carbocycles. The Kier molecular flexibility index (Phi) is 14.4. The SMILES string of the molecule is CC(C)(C)OC(=O)CNC(=O)CNC(=O)CNC(=O)[C@@H](CSC(c1ccccc1)(c1ccccc1)c1ccccc1)NC(=O)OCc1ccccc1. The van der Waals surface area contributed by atoms with Crippen molar-refractivity contribution < 1.29 is 33.4 Å². The highest BCUT2D eigenvalue weighted by atomic mass is 32.2. The second kappa shape index (κ2) is 19.1. The minimum atomic E-state index is -1.13. The van der Waals surface area contributed by atoms with E-state index in [1.807, 2.05) is 121 Å². The lowest BCUT2D eigenvalue weighted by atomic mass is 9.84. The molecule has 0 heterocycles. The predicted molar refractivity (Wildman–Crippen MR) is 200 cm³/mol. The van der Waals surface area contributed by atoms with E-state index in [9.17, 15) is 24.0 Å². The van der Waals surface area contributed by atoms with Crippen molar-refractivity contribution in [3.8, 4) is 0 Å². The van der Waals surface area contributed by atoms with Crippen LogP contribution < -0.4 is 21.3 Å². The number of ether oxygens (including phenoxy) is 2. The van der Waals surface area contributed by atoms with E-state index in [2.05, 4.69) is 21.3 Å². The molecule has 0 aliphatic heterocycles. The van der Waals surface area contributed by atoms with Gasteiger partial charge in [-0.3, -0.25) is 19.2 Å². The van der Waals surface area contributed by atoms with Gasteiger partial charge in [-0.05, 0) is 43.0 Å². The van der Waals surface area contributed by atoms with E-state index < -0.39 is 59.3 Å². The fourth-order valence-electron chi connectivity index (χ4n) is 5.21. The average Bonchev–Trinajstić information content (AvgIpc) is 3.15. The Morgan fingerprint density at radius 2 is 1.06 bits per heavy atom. The van der Waals surface area contributed by atoms with Gasteiger partial charge < -0.3 is 30.7 Å². The highest BCUT2D eigenvalue weighted by Gasteiger charge is 2.38. The maximum Gasteiger partial charge on any atom is 0.408 e. The molecule has 52 heavy (non-hydrogen) atoms. The van der Waals surface area contributed by atoms with Crippen LogP contribution in [0.4, 0.5) is 4.79 Å². The van der Waals surface area contributed by atoms with Crippen LogP contribution in [0.3, 0.4) is 0 Å². The van der Waals surface area contributed by atoms with Gasteiger partial charge in [-0.25, -0.2) is 4.79 Å². The van der Waals surface area contributed by atoms with Crippen molar-refractivity contribution in [1.82, 2.24) is 21.3 Å². The molecule has 1 atom stereocenters. The summed E-state index contributed by atoms with van der Waals surface area (Å²) in [5, 5.41) is 10.1. The van der Waals surface area contributed by atoms with Crippen LogP contribution in [0.1, 0.15) is 43.0 Å². The zero-order chi connectivity index (χ0) is 37.4. The third kappa shape index (κ3) is 12.0. The Morgan fingerprint density at radius 3 is 1.54 bits per heavy atom. The minimum absolute atomic E-state index is 0.00542. The lowest BCUT2D eigenvalue weighted by Gasteiger charge is -2.36. The lowest BCUT2D eigenvalue weighted by molar-refractivity contribution is -0.154.